The Labute approximate surface area is 155 Å². The van der Waals surface area contributed by atoms with Crippen molar-refractivity contribution in [1.82, 2.24) is 0 Å². The maximum absolute atomic E-state index is 12.4. The van der Waals surface area contributed by atoms with Crippen LogP contribution in [0.2, 0.25) is 0 Å². The van der Waals surface area contributed by atoms with E-state index in [4.69, 9.17) is 16.3 Å². The predicted octanol–water partition coefficient (Wildman–Crippen LogP) is 3.30. The summed E-state index contributed by atoms with van der Waals surface area (Å²) in [6, 6.07) is 0. The molecule has 0 rings (SSSR count). The molecule has 0 bridgehead atoms. The zero-order valence-corrected chi connectivity index (χ0v) is 15.1. The molecular weight excluding hydrogens is 414 g/mol. The van der Waals surface area contributed by atoms with E-state index in [-0.39, 0.29) is 0 Å². The van der Waals surface area contributed by atoms with Crippen LogP contribution in [-0.4, -0.2) is 53.9 Å². The highest BCUT2D eigenvalue weighted by Gasteiger charge is 2.45. The first-order chi connectivity index (χ1) is 12.0. The largest absolute Gasteiger partial charge is 0.490 e. The lowest BCUT2D eigenvalue weighted by molar-refractivity contribution is -0.211. The van der Waals surface area contributed by atoms with Crippen LogP contribution in [-0.2, 0) is 28.6 Å². The third-order valence-corrected chi connectivity index (χ3v) is 2.87. The monoisotopic (exact) mass is 430 g/mol. The number of hydrogen-bond acceptors (Lipinski definition) is 6. The van der Waals surface area contributed by atoms with Crippen LogP contribution < -0.4 is 0 Å². The smallest absolute Gasteiger partial charge is 0.460 e. The van der Waals surface area contributed by atoms with E-state index < -0.39 is 66.8 Å². The summed E-state index contributed by atoms with van der Waals surface area (Å²) in [7, 11) is 0. The van der Waals surface area contributed by atoms with Crippen molar-refractivity contribution in [1.29, 1.82) is 0 Å². The van der Waals surface area contributed by atoms with Gasteiger partial charge in [-0.3, -0.25) is 4.79 Å². The van der Waals surface area contributed by atoms with Crippen LogP contribution in [0, 0.1) is 0 Å². The molecule has 6 nitrogen and oxygen atoms in total. The molecule has 27 heavy (non-hydrogen) atoms. The molecule has 158 valence electrons. The van der Waals surface area contributed by atoms with Crippen LogP contribution in [0.1, 0.15) is 33.6 Å². The molecule has 0 N–H and O–H groups in total. The molecule has 0 aromatic rings. The van der Waals surface area contributed by atoms with Crippen molar-refractivity contribution in [3.05, 3.63) is 0 Å². The fourth-order valence-electron chi connectivity index (χ4n) is 1.61. The third-order valence-electron chi connectivity index (χ3n) is 2.52. The highest BCUT2D eigenvalue weighted by atomic mass is 35.5. The minimum atomic E-state index is -5.41. The average molecular weight is 431 g/mol. The van der Waals surface area contributed by atoms with Crippen LogP contribution in [0.15, 0.2) is 0 Å². The summed E-state index contributed by atoms with van der Waals surface area (Å²) in [5.74, 6) is -7.15. The summed E-state index contributed by atoms with van der Waals surface area (Å²) in [6.07, 6.45) is -16.2. The second-order valence-electron chi connectivity index (χ2n) is 6.23. The standard InChI is InChI=1S/C14H17ClF6O6/c1-12(2,3)27-9(22)5-7(25-10(23)13(16,17)18)4-8(6-15)26-11(24)14(19,20)21/h7-8H,4-6H2,1-3H3/t7-,8-/m0/s1. The van der Waals surface area contributed by atoms with Gasteiger partial charge in [0.1, 0.15) is 17.8 Å². The number of esters is 3. The van der Waals surface area contributed by atoms with E-state index in [0.717, 1.165) is 0 Å². The highest BCUT2D eigenvalue weighted by Crippen LogP contribution is 2.24. The van der Waals surface area contributed by atoms with Gasteiger partial charge in [0.2, 0.25) is 0 Å². The van der Waals surface area contributed by atoms with Crippen molar-refractivity contribution in [2.24, 2.45) is 0 Å². The molecule has 0 amide bonds. The van der Waals surface area contributed by atoms with Crippen LogP contribution in [0.3, 0.4) is 0 Å². The van der Waals surface area contributed by atoms with Gasteiger partial charge in [0.15, 0.2) is 0 Å². The predicted molar refractivity (Wildman–Crippen MR) is 77.7 cm³/mol. The van der Waals surface area contributed by atoms with Gasteiger partial charge in [-0.2, -0.15) is 26.3 Å². The first kappa shape index (κ1) is 25.3. The fraction of sp³-hybridized carbons (Fsp3) is 0.786. The van der Waals surface area contributed by atoms with E-state index in [1.54, 1.807) is 0 Å². The van der Waals surface area contributed by atoms with Gasteiger partial charge < -0.3 is 14.2 Å². The number of alkyl halides is 7. The van der Waals surface area contributed by atoms with Crippen LogP contribution in [0.25, 0.3) is 0 Å². The van der Waals surface area contributed by atoms with E-state index in [9.17, 15) is 40.7 Å². The van der Waals surface area contributed by atoms with Gasteiger partial charge in [-0.1, -0.05) is 0 Å². The molecule has 0 heterocycles. The minimum Gasteiger partial charge on any atom is -0.460 e. The molecule has 0 saturated carbocycles. The number of carbonyl (C=O) groups is 3. The van der Waals surface area contributed by atoms with Crippen molar-refractivity contribution in [3.8, 4) is 0 Å². The van der Waals surface area contributed by atoms with Gasteiger partial charge in [0.05, 0.1) is 12.3 Å². The highest BCUT2D eigenvalue weighted by molar-refractivity contribution is 6.18. The van der Waals surface area contributed by atoms with Gasteiger partial charge in [0, 0.05) is 6.42 Å². The second-order valence-corrected chi connectivity index (χ2v) is 6.54. The Balaban J connectivity index is 5.23. The Hall–Kier alpha value is -1.72. The Morgan fingerprint density at radius 1 is 0.852 bits per heavy atom. The maximum Gasteiger partial charge on any atom is 0.490 e. The lowest BCUT2D eigenvalue weighted by atomic mass is 10.1. The van der Waals surface area contributed by atoms with Gasteiger partial charge in [-0.15, -0.1) is 11.6 Å². The van der Waals surface area contributed by atoms with E-state index in [1.807, 2.05) is 0 Å². The SMILES string of the molecule is CC(C)(C)OC(=O)C[C@H](C[C@@H](CCl)OC(=O)C(F)(F)F)OC(=O)C(F)(F)F. The first-order valence-electron chi connectivity index (χ1n) is 7.29. The number of carbonyl (C=O) groups excluding carboxylic acids is 3. The van der Waals surface area contributed by atoms with E-state index in [0.29, 0.717) is 0 Å². The Morgan fingerprint density at radius 3 is 1.59 bits per heavy atom. The molecular formula is C14H17ClF6O6. The maximum atomic E-state index is 12.4. The zero-order valence-electron chi connectivity index (χ0n) is 14.4. The van der Waals surface area contributed by atoms with Crippen molar-refractivity contribution in [2.45, 2.75) is 63.8 Å². The molecule has 0 aliphatic heterocycles. The number of ether oxygens (including phenoxy) is 3. The molecule has 0 aliphatic rings. The van der Waals surface area contributed by atoms with Crippen molar-refractivity contribution in [2.75, 3.05) is 5.88 Å². The van der Waals surface area contributed by atoms with Crippen LogP contribution >= 0.6 is 11.6 Å². The lowest BCUT2D eigenvalue weighted by Crippen LogP contribution is -2.37. The van der Waals surface area contributed by atoms with Crippen molar-refractivity contribution in [3.63, 3.8) is 0 Å². The summed E-state index contributed by atoms with van der Waals surface area (Å²) in [5.41, 5.74) is -1.02. The molecule has 0 fully saturated rings. The van der Waals surface area contributed by atoms with Crippen molar-refractivity contribution < 1.29 is 54.9 Å². The Kier molecular flexibility index (Phi) is 8.86. The summed E-state index contributed by atoms with van der Waals surface area (Å²) >= 11 is 5.35. The molecule has 0 aromatic carbocycles. The van der Waals surface area contributed by atoms with Crippen molar-refractivity contribution >= 4 is 29.5 Å². The summed E-state index contributed by atoms with van der Waals surface area (Å²) in [6.45, 7) is 4.36. The topological polar surface area (TPSA) is 78.9 Å². The molecule has 13 heteroatoms. The summed E-state index contributed by atoms with van der Waals surface area (Å²) in [4.78, 5) is 33.5. The minimum absolute atomic E-state index is 0.754. The lowest BCUT2D eigenvalue weighted by Gasteiger charge is -2.25. The molecule has 0 saturated heterocycles. The van der Waals surface area contributed by atoms with Gasteiger partial charge in [0.25, 0.3) is 0 Å². The van der Waals surface area contributed by atoms with E-state index >= 15 is 0 Å². The third kappa shape index (κ3) is 10.9. The molecule has 0 aliphatic carbocycles. The molecule has 0 aromatic heterocycles. The van der Waals surface area contributed by atoms with Crippen LogP contribution in [0.5, 0.6) is 0 Å². The molecule has 0 unspecified atom stereocenters. The number of hydrogen-bond donors (Lipinski definition) is 0. The summed E-state index contributed by atoms with van der Waals surface area (Å²) < 4.78 is 86.7. The normalized spacial score (nSPS) is 14.9. The first-order valence-corrected chi connectivity index (χ1v) is 7.82. The molecule has 2 atom stereocenters. The quantitative estimate of drug-likeness (QED) is 0.267. The van der Waals surface area contributed by atoms with Gasteiger partial charge in [-0.25, -0.2) is 9.59 Å². The van der Waals surface area contributed by atoms with E-state index in [1.165, 1.54) is 20.8 Å². The second kappa shape index (κ2) is 9.47. The van der Waals surface area contributed by atoms with Crippen LogP contribution in [0.4, 0.5) is 26.3 Å². The molecule has 0 spiro atoms. The van der Waals surface area contributed by atoms with E-state index in [2.05, 4.69) is 9.47 Å². The Bertz CT molecular complexity index is 540. The van der Waals surface area contributed by atoms with Gasteiger partial charge >= 0.3 is 30.3 Å². The number of halogens is 7. The Morgan fingerprint density at radius 2 is 1.26 bits per heavy atom. The van der Waals surface area contributed by atoms with Gasteiger partial charge in [-0.05, 0) is 20.8 Å². The molecule has 0 radical (unpaired) electrons. The zero-order chi connectivity index (χ0) is 21.6. The summed E-state index contributed by atoms with van der Waals surface area (Å²) in [5, 5.41) is 0. The average Bonchev–Trinajstić information content (AvgIpc) is 2.41. The number of rotatable bonds is 7. The fourth-order valence-corrected chi connectivity index (χ4v) is 1.80.